The number of carbonyl (C=O) groups is 1. The van der Waals surface area contributed by atoms with E-state index in [0.29, 0.717) is 13.0 Å². The minimum atomic E-state index is -0.266. The number of thiophene rings is 1. The first-order valence-corrected chi connectivity index (χ1v) is 10.00. The van der Waals surface area contributed by atoms with E-state index in [0.717, 1.165) is 42.1 Å². The van der Waals surface area contributed by atoms with E-state index in [9.17, 15) is 9.18 Å². The lowest BCUT2D eigenvalue weighted by molar-refractivity contribution is -0.134. The van der Waals surface area contributed by atoms with E-state index in [-0.39, 0.29) is 17.8 Å². The molecular formula is C20H22FN3OS. The Morgan fingerprint density at radius 2 is 1.92 bits per heavy atom. The molecule has 1 atom stereocenters. The Kier molecular flexibility index (Phi) is 5.13. The van der Waals surface area contributed by atoms with Crippen LogP contribution < -0.4 is 0 Å². The van der Waals surface area contributed by atoms with Gasteiger partial charge in [-0.1, -0.05) is 24.6 Å². The van der Waals surface area contributed by atoms with Crippen LogP contribution >= 0.6 is 11.3 Å². The SMILES string of the molecule is O=C(CN1CCCCC1)N1N=C(c2cccs2)C[C@@H]1c1ccc(F)cc1. The normalized spacial score (nSPS) is 21.0. The molecule has 1 fully saturated rings. The predicted molar refractivity (Wildman–Crippen MR) is 102 cm³/mol. The molecular weight excluding hydrogens is 349 g/mol. The summed E-state index contributed by atoms with van der Waals surface area (Å²) in [7, 11) is 0. The molecule has 2 aliphatic rings. The summed E-state index contributed by atoms with van der Waals surface area (Å²) in [4.78, 5) is 16.3. The highest BCUT2D eigenvalue weighted by Crippen LogP contribution is 2.34. The van der Waals surface area contributed by atoms with Crippen molar-refractivity contribution in [1.29, 1.82) is 0 Å². The van der Waals surface area contributed by atoms with Crippen molar-refractivity contribution in [2.24, 2.45) is 5.10 Å². The summed E-state index contributed by atoms with van der Waals surface area (Å²) in [5.74, 6) is -0.245. The van der Waals surface area contributed by atoms with Crippen molar-refractivity contribution in [2.45, 2.75) is 31.7 Å². The van der Waals surface area contributed by atoms with E-state index in [1.807, 2.05) is 17.5 Å². The van der Waals surface area contributed by atoms with Crippen molar-refractivity contribution in [3.63, 3.8) is 0 Å². The molecule has 0 radical (unpaired) electrons. The van der Waals surface area contributed by atoms with Gasteiger partial charge in [0.2, 0.25) is 0 Å². The third kappa shape index (κ3) is 3.71. The third-order valence-electron chi connectivity index (χ3n) is 5.03. The molecule has 0 spiro atoms. The second kappa shape index (κ2) is 7.68. The monoisotopic (exact) mass is 371 g/mol. The van der Waals surface area contributed by atoms with E-state index in [1.54, 1.807) is 28.5 Å². The van der Waals surface area contributed by atoms with Crippen LogP contribution in [0.1, 0.15) is 42.2 Å². The number of rotatable bonds is 4. The zero-order chi connectivity index (χ0) is 17.9. The summed E-state index contributed by atoms with van der Waals surface area (Å²) in [6, 6.07) is 10.3. The van der Waals surface area contributed by atoms with Crippen molar-refractivity contribution in [3.8, 4) is 0 Å². The molecule has 6 heteroatoms. The van der Waals surface area contributed by atoms with Crippen molar-refractivity contribution in [2.75, 3.05) is 19.6 Å². The maximum Gasteiger partial charge on any atom is 0.257 e. The van der Waals surface area contributed by atoms with Gasteiger partial charge in [0.05, 0.1) is 23.2 Å². The lowest BCUT2D eigenvalue weighted by Gasteiger charge is -2.29. The molecule has 2 aliphatic heterocycles. The summed E-state index contributed by atoms with van der Waals surface area (Å²) in [6.45, 7) is 2.35. The molecule has 3 heterocycles. The topological polar surface area (TPSA) is 35.9 Å². The highest BCUT2D eigenvalue weighted by atomic mass is 32.1. The van der Waals surface area contributed by atoms with Gasteiger partial charge in [-0.05, 0) is 55.1 Å². The van der Waals surface area contributed by atoms with Gasteiger partial charge in [0.15, 0.2) is 0 Å². The molecule has 0 bridgehead atoms. The van der Waals surface area contributed by atoms with Crippen LogP contribution in [0.2, 0.25) is 0 Å². The largest absolute Gasteiger partial charge is 0.294 e. The molecule has 1 aromatic carbocycles. The van der Waals surface area contributed by atoms with Crippen LogP contribution in [0.3, 0.4) is 0 Å². The number of halogens is 1. The van der Waals surface area contributed by atoms with E-state index < -0.39 is 0 Å². The smallest absolute Gasteiger partial charge is 0.257 e. The average Bonchev–Trinajstić information content (AvgIpc) is 3.33. The fourth-order valence-electron chi connectivity index (χ4n) is 3.66. The van der Waals surface area contributed by atoms with Gasteiger partial charge >= 0.3 is 0 Å². The van der Waals surface area contributed by atoms with Crippen molar-refractivity contribution in [3.05, 3.63) is 58.0 Å². The van der Waals surface area contributed by atoms with Gasteiger partial charge in [-0.15, -0.1) is 11.3 Å². The molecule has 1 saturated heterocycles. The molecule has 0 unspecified atom stereocenters. The maximum atomic E-state index is 13.3. The molecule has 0 aliphatic carbocycles. The van der Waals surface area contributed by atoms with E-state index in [1.165, 1.54) is 18.6 Å². The molecule has 136 valence electrons. The molecule has 4 rings (SSSR count). The van der Waals surface area contributed by atoms with Gasteiger partial charge in [0, 0.05) is 6.42 Å². The van der Waals surface area contributed by atoms with Crippen LogP contribution in [-0.2, 0) is 4.79 Å². The molecule has 4 nitrogen and oxygen atoms in total. The quantitative estimate of drug-likeness (QED) is 0.813. The summed E-state index contributed by atoms with van der Waals surface area (Å²) < 4.78 is 13.3. The number of nitrogens with zero attached hydrogens (tertiary/aromatic N) is 3. The predicted octanol–water partition coefficient (Wildman–Crippen LogP) is 4.05. The van der Waals surface area contributed by atoms with Gasteiger partial charge in [0.1, 0.15) is 5.82 Å². The third-order valence-corrected chi connectivity index (χ3v) is 5.95. The number of piperidine rings is 1. The van der Waals surface area contributed by atoms with Crippen LogP contribution in [0.25, 0.3) is 0 Å². The molecule has 1 amide bonds. The lowest BCUT2D eigenvalue weighted by Crippen LogP contribution is -2.40. The van der Waals surface area contributed by atoms with Crippen molar-refractivity contribution >= 4 is 23.0 Å². The number of hydrogen-bond donors (Lipinski definition) is 0. The maximum absolute atomic E-state index is 13.3. The Morgan fingerprint density at radius 1 is 1.15 bits per heavy atom. The van der Waals surface area contributed by atoms with Gasteiger partial charge in [-0.3, -0.25) is 9.69 Å². The van der Waals surface area contributed by atoms with Crippen LogP contribution in [0, 0.1) is 5.82 Å². The Balaban J connectivity index is 1.57. The van der Waals surface area contributed by atoms with Crippen LogP contribution in [-0.4, -0.2) is 41.2 Å². The van der Waals surface area contributed by atoms with Gasteiger partial charge in [-0.25, -0.2) is 9.40 Å². The minimum absolute atomic E-state index is 0.0211. The highest BCUT2D eigenvalue weighted by molar-refractivity contribution is 7.12. The first-order chi connectivity index (χ1) is 12.7. The number of amides is 1. The number of benzene rings is 1. The highest BCUT2D eigenvalue weighted by Gasteiger charge is 2.34. The fraction of sp³-hybridized carbons (Fsp3) is 0.400. The van der Waals surface area contributed by atoms with E-state index in [4.69, 9.17) is 0 Å². The summed E-state index contributed by atoms with van der Waals surface area (Å²) in [6.07, 6.45) is 4.21. The van der Waals surface area contributed by atoms with Crippen molar-refractivity contribution in [1.82, 2.24) is 9.91 Å². The zero-order valence-electron chi connectivity index (χ0n) is 14.6. The summed E-state index contributed by atoms with van der Waals surface area (Å²) in [5, 5.41) is 8.31. The zero-order valence-corrected chi connectivity index (χ0v) is 15.4. The van der Waals surface area contributed by atoms with E-state index >= 15 is 0 Å². The van der Waals surface area contributed by atoms with Gasteiger partial charge in [-0.2, -0.15) is 5.10 Å². The standard InChI is InChI=1S/C20H22FN3OS/c21-16-8-6-15(7-9-16)18-13-17(19-5-4-12-26-19)22-24(18)20(25)14-23-10-2-1-3-11-23/h4-9,12,18H,1-3,10-11,13-14H2/t18-/m1/s1. The van der Waals surface area contributed by atoms with E-state index in [2.05, 4.69) is 10.0 Å². The van der Waals surface area contributed by atoms with Gasteiger partial charge in [0.25, 0.3) is 5.91 Å². The Hall–Kier alpha value is -2.05. The Labute approximate surface area is 156 Å². The lowest BCUT2D eigenvalue weighted by atomic mass is 10.0. The van der Waals surface area contributed by atoms with Crippen LogP contribution in [0.5, 0.6) is 0 Å². The van der Waals surface area contributed by atoms with Crippen LogP contribution in [0.4, 0.5) is 4.39 Å². The number of likely N-dealkylation sites (tertiary alicyclic amines) is 1. The number of hydrazone groups is 1. The number of hydrogen-bond acceptors (Lipinski definition) is 4. The second-order valence-corrected chi connectivity index (χ2v) is 7.82. The molecule has 0 N–H and O–H groups in total. The van der Waals surface area contributed by atoms with Crippen LogP contribution in [0.15, 0.2) is 46.9 Å². The number of carbonyl (C=O) groups excluding carboxylic acids is 1. The van der Waals surface area contributed by atoms with Gasteiger partial charge < -0.3 is 0 Å². The molecule has 1 aromatic heterocycles. The second-order valence-electron chi connectivity index (χ2n) is 6.87. The molecule has 26 heavy (non-hydrogen) atoms. The average molecular weight is 371 g/mol. The van der Waals surface area contributed by atoms with Crippen molar-refractivity contribution < 1.29 is 9.18 Å². The fourth-order valence-corrected chi connectivity index (χ4v) is 4.38. The molecule has 0 saturated carbocycles. The first-order valence-electron chi connectivity index (χ1n) is 9.12. The minimum Gasteiger partial charge on any atom is -0.294 e. The Morgan fingerprint density at radius 3 is 2.62 bits per heavy atom. The summed E-state index contributed by atoms with van der Waals surface area (Å²) >= 11 is 1.63. The Bertz CT molecular complexity index is 782. The molecule has 2 aromatic rings. The summed E-state index contributed by atoms with van der Waals surface area (Å²) in [5.41, 5.74) is 1.86. The first kappa shape index (κ1) is 17.4.